The number of aromatic nitrogens is 4. The van der Waals surface area contributed by atoms with Crippen LogP contribution in [0, 0.1) is 6.92 Å². The summed E-state index contributed by atoms with van der Waals surface area (Å²) in [6.07, 6.45) is 0. The van der Waals surface area contributed by atoms with Gasteiger partial charge in [-0.1, -0.05) is 22.8 Å². The molecular formula is C15H14N4O3S. The molecule has 0 saturated heterocycles. The van der Waals surface area contributed by atoms with Crippen molar-refractivity contribution in [3.63, 3.8) is 0 Å². The SMILES string of the molecule is COc1ccc(-n2nnc(S(=O)(=O)c3ccc(C)cc3)n2)cc1. The molecule has 0 aliphatic carbocycles. The van der Waals surface area contributed by atoms with Gasteiger partial charge in [-0.2, -0.15) is 0 Å². The zero-order chi connectivity index (χ0) is 16.4. The Morgan fingerprint density at radius 2 is 1.65 bits per heavy atom. The smallest absolute Gasteiger partial charge is 0.293 e. The van der Waals surface area contributed by atoms with Crippen molar-refractivity contribution in [1.82, 2.24) is 20.2 Å². The first-order chi connectivity index (χ1) is 11.0. The first-order valence-electron chi connectivity index (χ1n) is 6.77. The lowest BCUT2D eigenvalue weighted by Crippen LogP contribution is -2.05. The molecule has 0 atom stereocenters. The Bertz CT molecular complexity index is 916. The largest absolute Gasteiger partial charge is 0.497 e. The molecule has 7 nitrogen and oxygen atoms in total. The molecule has 2 aromatic carbocycles. The third-order valence-electron chi connectivity index (χ3n) is 3.27. The van der Waals surface area contributed by atoms with Crippen LogP contribution < -0.4 is 4.74 Å². The average Bonchev–Trinajstić information content (AvgIpc) is 3.06. The van der Waals surface area contributed by atoms with Crippen LogP contribution in [-0.2, 0) is 9.84 Å². The summed E-state index contributed by atoms with van der Waals surface area (Å²) >= 11 is 0. The first kappa shape index (κ1) is 15.2. The van der Waals surface area contributed by atoms with Gasteiger partial charge in [0.2, 0.25) is 9.84 Å². The van der Waals surface area contributed by atoms with E-state index in [2.05, 4.69) is 15.4 Å². The molecule has 23 heavy (non-hydrogen) atoms. The van der Waals surface area contributed by atoms with Crippen molar-refractivity contribution in [1.29, 1.82) is 0 Å². The predicted octanol–water partition coefficient (Wildman–Crippen LogP) is 1.81. The van der Waals surface area contributed by atoms with Gasteiger partial charge in [0, 0.05) is 0 Å². The highest BCUT2D eigenvalue weighted by Crippen LogP contribution is 2.18. The second-order valence-corrected chi connectivity index (χ2v) is 6.72. The lowest BCUT2D eigenvalue weighted by Gasteiger charge is -2.01. The summed E-state index contributed by atoms with van der Waals surface area (Å²) in [5.74, 6) is 0.682. The number of methoxy groups -OCH3 is 1. The van der Waals surface area contributed by atoms with Gasteiger partial charge in [-0.3, -0.25) is 0 Å². The molecule has 0 spiro atoms. The molecule has 0 radical (unpaired) electrons. The van der Waals surface area contributed by atoms with E-state index >= 15 is 0 Å². The van der Waals surface area contributed by atoms with E-state index in [0.29, 0.717) is 11.4 Å². The van der Waals surface area contributed by atoms with Crippen LogP contribution in [0.2, 0.25) is 0 Å². The van der Waals surface area contributed by atoms with Crippen LogP contribution in [0.25, 0.3) is 5.69 Å². The Morgan fingerprint density at radius 1 is 1.00 bits per heavy atom. The standard InChI is InChI=1S/C15H14N4O3S/c1-11-3-9-14(10-4-11)23(20,21)15-16-18-19(17-15)12-5-7-13(22-2)8-6-12/h3-10H,1-2H3. The highest BCUT2D eigenvalue weighted by Gasteiger charge is 2.23. The van der Waals surface area contributed by atoms with Crippen molar-refractivity contribution in [2.45, 2.75) is 17.0 Å². The first-order valence-corrected chi connectivity index (χ1v) is 8.25. The summed E-state index contributed by atoms with van der Waals surface area (Å²) in [5.41, 5.74) is 1.56. The number of aryl methyl sites for hydroxylation is 1. The van der Waals surface area contributed by atoms with E-state index in [4.69, 9.17) is 4.74 Å². The fourth-order valence-electron chi connectivity index (χ4n) is 1.96. The number of benzene rings is 2. The van der Waals surface area contributed by atoms with Gasteiger partial charge in [-0.25, -0.2) is 8.42 Å². The van der Waals surface area contributed by atoms with E-state index in [9.17, 15) is 8.42 Å². The number of nitrogens with zero attached hydrogens (tertiary/aromatic N) is 4. The van der Waals surface area contributed by atoms with Crippen LogP contribution in [0.5, 0.6) is 5.75 Å². The Hall–Kier alpha value is -2.74. The Morgan fingerprint density at radius 3 is 2.26 bits per heavy atom. The zero-order valence-electron chi connectivity index (χ0n) is 12.5. The number of hydrogen-bond acceptors (Lipinski definition) is 6. The monoisotopic (exact) mass is 330 g/mol. The lowest BCUT2D eigenvalue weighted by molar-refractivity contribution is 0.414. The summed E-state index contributed by atoms with van der Waals surface area (Å²) < 4.78 is 30.1. The molecule has 0 bridgehead atoms. The van der Waals surface area contributed by atoms with E-state index < -0.39 is 9.84 Å². The second kappa shape index (κ2) is 5.81. The minimum absolute atomic E-state index is 0.136. The summed E-state index contributed by atoms with van der Waals surface area (Å²) in [6, 6.07) is 13.4. The van der Waals surface area contributed by atoms with Crippen LogP contribution in [0.4, 0.5) is 0 Å². The van der Waals surface area contributed by atoms with Crippen LogP contribution in [0.15, 0.2) is 58.6 Å². The maximum Gasteiger partial charge on any atom is 0.293 e. The molecular weight excluding hydrogens is 316 g/mol. The fraction of sp³-hybridized carbons (Fsp3) is 0.133. The van der Waals surface area contributed by atoms with E-state index in [0.717, 1.165) is 5.56 Å². The molecule has 1 aromatic heterocycles. The minimum atomic E-state index is -3.79. The third-order valence-corrected chi connectivity index (χ3v) is 4.81. The molecule has 8 heteroatoms. The van der Waals surface area contributed by atoms with E-state index in [-0.39, 0.29) is 10.1 Å². The van der Waals surface area contributed by atoms with Gasteiger partial charge in [0.05, 0.1) is 17.7 Å². The number of tetrazole rings is 1. The summed E-state index contributed by atoms with van der Waals surface area (Å²) in [4.78, 5) is 1.30. The van der Waals surface area contributed by atoms with Crippen molar-refractivity contribution in [2.24, 2.45) is 0 Å². The quantitative estimate of drug-likeness (QED) is 0.725. The highest BCUT2D eigenvalue weighted by atomic mass is 32.2. The molecule has 0 unspecified atom stereocenters. The Balaban J connectivity index is 1.95. The number of ether oxygens (including phenoxy) is 1. The zero-order valence-corrected chi connectivity index (χ0v) is 13.4. The van der Waals surface area contributed by atoms with Crippen LogP contribution >= 0.6 is 0 Å². The van der Waals surface area contributed by atoms with Crippen molar-refractivity contribution in [3.05, 3.63) is 54.1 Å². The topological polar surface area (TPSA) is 87.0 Å². The molecule has 0 aliphatic heterocycles. The molecule has 0 saturated carbocycles. The maximum atomic E-state index is 12.5. The van der Waals surface area contributed by atoms with E-state index in [1.807, 2.05) is 6.92 Å². The summed E-state index contributed by atoms with van der Waals surface area (Å²) in [6.45, 7) is 1.88. The molecule has 0 fully saturated rings. The molecule has 3 rings (SSSR count). The van der Waals surface area contributed by atoms with Gasteiger partial charge in [-0.15, -0.1) is 9.90 Å². The number of hydrogen-bond donors (Lipinski definition) is 0. The lowest BCUT2D eigenvalue weighted by atomic mass is 10.2. The maximum absolute atomic E-state index is 12.5. The van der Waals surface area contributed by atoms with Gasteiger partial charge < -0.3 is 4.74 Å². The van der Waals surface area contributed by atoms with Crippen LogP contribution in [0.1, 0.15) is 5.56 Å². The van der Waals surface area contributed by atoms with Crippen molar-refractivity contribution in [2.75, 3.05) is 7.11 Å². The van der Waals surface area contributed by atoms with Gasteiger partial charge in [0.15, 0.2) is 0 Å². The molecule has 0 amide bonds. The number of sulfone groups is 1. The van der Waals surface area contributed by atoms with Crippen molar-refractivity contribution < 1.29 is 13.2 Å². The molecule has 3 aromatic rings. The summed E-state index contributed by atoms with van der Waals surface area (Å²) in [5, 5.41) is 11.1. The molecule has 0 aliphatic rings. The Labute approximate surface area is 133 Å². The van der Waals surface area contributed by atoms with Crippen LogP contribution in [0.3, 0.4) is 0 Å². The molecule has 118 valence electrons. The summed E-state index contributed by atoms with van der Waals surface area (Å²) in [7, 11) is -2.22. The number of rotatable bonds is 4. The normalized spacial score (nSPS) is 11.4. The predicted molar refractivity (Wildman–Crippen MR) is 82.3 cm³/mol. The fourth-order valence-corrected chi connectivity index (χ4v) is 2.99. The van der Waals surface area contributed by atoms with E-state index in [1.54, 1.807) is 43.5 Å². The Kier molecular flexibility index (Phi) is 3.83. The van der Waals surface area contributed by atoms with Gasteiger partial charge >= 0.3 is 0 Å². The molecule has 1 heterocycles. The average molecular weight is 330 g/mol. The van der Waals surface area contributed by atoms with Crippen LogP contribution in [-0.4, -0.2) is 35.7 Å². The second-order valence-electron chi connectivity index (χ2n) is 4.88. The van der Waals surface area contributed by atoms with Gasteiger partial charge in [0.1, 0.15) is 5.75 Å². The van der Waals surface area contributed by atoms with Crippen molar-refractivity contribution in [3.8, 4) is 11.4 Å². The molecule has 0 N–H and O–H groups in total. The van der Waals surface area contributed by atoms with Crippen molar-refractivity contribution >= 4 is 9.84 Å². The van der Waals surface area contributed by atoms with E-state index in [1.165, 1.54) is 16.9 Å². The van der Waals surface area contributed by atoms with Gasteiger partial charge in [0.25, 0.3) is 5.16 Å². The van der Waals surface area contributed by atoms with Gasteiger partial charge in [-0.05, 0) is 48.5 Å². The minimum Gasteiger partial charge on any atom is -0.497 e. The highest BCUT2D eigenvalue weighted by molar-refractivity contribution is 7.91. The third kappa shape index (κ3) is 2.93.